The summed E-state index contributed by atoms with van der Waals surface area (Å²) < 4.78 is 10.7. The molecule has 10 heteroatoms. The third-order valence-corrected chi connectivity index (χ3v) is 3.58. The van der Waals surface area contributed by atoms with Crippen molar-refractivity contribution in [3.63, 3.8) is 0 Å². The van der Waals surface area contributed by atoms with Crippen LogP contribution in [0.4, 0.5) is 5.95 Å². The van der Waals surface area contributed by atoms with E-state index in [1.54, 1.807) is 12.4 Å². The Kier molecular flexibility index (Phi) is 7.11. The lowest BCUT2D eigenvalue weighted by molar-refractivity contribution is -0.157. The maximum absolute atomic E-state index is 11.0. The first-order valence-corrected chi connectivity index (χ1v) is 8.44. The van der Waals surface area contributed by atoms with Gasteiger partial charge >= 0.3 is 11.9 Å². The molecule has 0 spiro atoms. The van der Waals surface area contributed by atoms with E-state index in [0.29, 0.717) is 25.5 Å². The van der Waals surface area contributed by atoms with Gasteiger partial charge in [-0.2, -0.15) is 0 Å². The molecule has 1 aliphatic rings. The number of ether oxygens (including phenoxy) is 2. The van der Waals surface area contributed by atoms with Crippen molar-refractivity contribution in [2.45, 2.75) is 26.4 Å². The van der Waals surface area contributed by atoms with E-state index >= 15 is 0 Å². The van der Waals surface area contributed by atoms with Gasteiger partial charge in [-0.05, 0) is 15.9 Å². The number of nitrogens with zero attached hydrogens (tertiary/aromatic N) is 4. The van der Waals surface area contributed by atoms with Crippen LogP contribution >= 0.6 is 15.9 Å². The van der Waals surface area contributed by atoms with Crippen LogP contribution in [0.25, 0.3) is 0 Å². The van der Waals surface area contributed by atoms with Crippen LogP contribution in [0.1, 0.15) is 20.3 Å². The fraction of sp³-hybridized carbons (Fsp3) is 0.533. The minimum absolute atomic E-state index is 0.00350. The molecule has 0 aromatic carbocycles. The molecule has 1 fully saturated rings. The van der Waals surface area contributed by atoms with Gasteiger partial charge in [0.25, 0.3) is 0 Å². The van der Waals surface area contributed by atoms with Crippen molar-refractivity contribution in [1.29, 1.82) is 0 Å². The molecule has 0 N–H and O–H groups in total. The molecule has 1 unspecified atom stereocenters. The lowest BCUT2D eigenvalue weighted by Crippen LogP contribution is -2.48. The second-order valence-corrected chi connectivity index (χ2v) is 6.29. The summed E-state index contributed by atoms with van der Waals surface area (Å²) in [6.45, 7) is 4.05. The van der Waals surface area contributed by atoms with Gasteiger partial charge in [-0.1, -0.05) is 5.16 Å². The standard InChI is InChI=1S/C15H19BrN4O5/c1-10(21)23-9-14(25-11(2)22)3-4-24-19-13-7-20(8-13)15-17-5-12(16)6-18-15/h5-6,14H,3-4,7-9H2,1-2H3. The van der Waals surface area contributed by atoms with Crippen molar-refractivity contribution in [1.82, 2.24) is 9.97 Å². The van der Waals surface area contributed by atoms with Crippen molar-refractivity contribution < 1.29 is 23.9 Å². The number of carbonyl (C=O) groups is 2. The highest BCUT2D eigenvalue weighted by molar-refractivity contribution is 9.10. The van der Waals surface area contributed by atoms with E-state index in [9.17, 15) is 9.59 Å². The Morgan fingerprint density at radius 3 is 2.56 bits per heavy atom. The average Bonchev–Trinajstić information content (AvgIpc) is 2.51. The van der Waals surface area contributed by atoms with Crippen LogP contribution in [0.15, 0.2) is 22.0 Å². The number of carbonyl (C=O) groups excluding carboxylic acids is 2. The Morgan fingerprint density at radius 2 is 1.96 bits per heavy atom. The predicted octanol–water partition coefficient (Wildman–Crippen LogP) is 1.32. The molecule has 0 bridgehead atoms. The zero-order valence-corrected chi connectivity index (χ0v) is 15.6. The predicted molar refractivity (Wildman–Crippen MR) is 92.1 cm³/mol. The molecule has 136 valence electrons. The van der Waals surface area contributed by atoms with Crippen LogP contribution in [0.3, 0.4) is 0 Å². The Hall–Kier alpha value is -2.23. The van der Waals surface area contributed by atoms with E-state index in [0.717, 1.165) is 10.2 Å². The van der Waals surface area contributed by atoms with Crippen LogP contribution in [0.2, 0.25) is 0 Å². The minimum Gasteiger partial charge on any atom is -0.462 e. The number of hydrogen-bond acceptors (Lipinski definition) is 9. The summed E-state index contributed by atoms with van der Waals surface area (Å²) in [6, 6.07) is 0. The normalized spacial score (nSPS) is 14.4. The van der Waals surface area contributed by atoms with Crippen molar-refractivity contribution in [2.75, 3.05) is 31.2 Å². The van der Waals surface area contributed by atoms with Crippen molar-refractivity contribution in [3.05, 3.63) is 16.9 Å². The van der Waals surface area contributed by atoms with Gasteiger partial charge in [0.1, 0.15) is 19.3 Å². The molecule has 0 aliphatic carbocycles. The molecule has 2 rings (SSSR count). The van der Waals surface area contributed by atoms with Crippen LogP contribution in [0.5, 0.6) is 0 Å². The summed E-state index contributed by atoms with van der Waals surface area (Å²) in [6.07, 6.45) is 3.21. The van der Waals surface area contributed by atoms with E-state index in [2.05, 4.69) is 31.1 Å². The second kappa shape index (κ2) is 9.30. The second-order valence-electron chi connectivity index (χ2n) is 5.37. The third kappa shape index (κ3) is 6.65. The summed E-state index contributed by atoms with van der Waals surface area (Å²) in [4.78, 5) is 37.5. The number of aromatic nitrogens is 2. The van der Waals surface area contributed by atoms with E-state index < -0.39 is 18.0 Å². The SMILES string of the molecule is CC(=O)OCC(CCON=C1CN(c2ncc(Br)cn2)C1)OC(C)=O. The summed E-state index contributed by atoms with van der Waals surface area (Å²) in [5.41, 5.74) is 0.871. The first kappa shape index (κ1) is 19.1. The maximum Gasteiger partial charge on any atom is 0.303 e. The molecular formula is C15H19BrN4O5. The molecule has 0 amide bonds. The monoisotopic (exact) mass is 414 g/mol. The summed E-state index contributed by atoms with van der Waals surface area (Å²) in [7, 11) is 0. The van der Waals surface area contributed by atoms with E-state index in [4.69, 9.17) is 14.3 Å². The maximum atomic E-state index is 11.0. The van der Waals surface area contributed by atoms with E-state index in [-0.39, 0.29) is 13.2 Å². The van der Waals surface area contributed by atoms with Gasteiger partial charge in [0.05, 0.1) is 23.3 Å². The molecule has 0 saturated carbocycles. The molecule has 0 radical (unpaired) electrons. The number of oxime groups is 1. The van der Waals surface area contributed by atoms with Gasteiger partial charge in [-0.3, -0.25) is 9.59 Å². The molecule has 1 saturated heterocycles. The summed E-state index contributed by atoms with van der Waals surface area (Å²) >= 11 is 3.29. The highest BCUT2D eigenvalue weighted by Gasteiger charge is 2.25. The molecular weight excluding hydrogens is 396 g/mol. The molecule has 1 atom stereocenters. The van der Waals surface area contributed by atoms with Gasteiger partial charge in [0.15, 0.2) is 0 Å². The van der Waals surface area contributed by atoms with Crippen LogP contribution in [0, 0.1) is 0 Å². The lowest BCUT2D eigenvalue weighted by Gasteiger charge is -2.31. The van der Waals surface area contributed by atoms with Crippen molar-refractivity contribution in [2.24, 2.45) is 5.16 Å². The number of hydrogen-bond donors (Lipinski definition) is 0. The molecule has 9 nitrogen and oxygen atoms in total. The average molecular weight is 415 g/mol. The largest absolute Gasteiger partial charge is 0.462 e. The molecule has 1 aromatic heterocycles. The van der Waals surface area contributed by atoms with E-state index in [1.807, 2.05) is 4.90 Å². The number of anilines is 1. The Bertz CT molecular complexity index is 629. The first-order valence-electron chi connectivity index (χ1n) is 7.65. The van der Waals surface area contributed by atoms with Crippen molar-refractivity contribution in [3.8, 4) is 0 Å². The zero-order chi connectivity index (χ0) is 18.2. The lowest BCUT2D eigenvalue weighted by atomic mass is 10.2. The summed E-state index contributed by atoms with van der Waals surface area (Å²) in [5, 5.41) is 4.03. The van der Waals surface area contributed by atoms with Crippen molar-refractivity contribution >= 4 is 39.5 Å². The smallest absolute Gasteiger partial charge is 0.303 e. The third-order valence-electron chi connectivity index (χ3n) is 3.17. The molecule has 25 heavy (non-hydrogen) atoms. The van der Waals surface area contributed by atoms with Crippen LogP contribution in [-0.4, -0.2) is 60.0 Å². The zero-order valence-electron chi connectivity index (χ0n) is 14.0. The highest BCUT2D eigenvalue weighted by atomic mass is 79.9. The number of rotatable bonds is 8. The topological polar surface area (TPSA) is 103 Å². The highest BCUT2D eigenvalue weighted by Crippen LogP contribution is 2.15. The van der Waals surface area contributed by atoms with Gasteiger partial charge < -0.3 is 19.2 Å². The fourth-order valence-electron chi connectivity index (χ4n) is 2.00. The van der Waals surface area contributed by atoms with Gasteiger partial charge in [-0.25, -0.2) is 9.97 Å². The Balaban J connectivity index is 1.69. The Labute approximate surface area is 153 Å². The van der Waals surface area contributed by atoms with E-state index in [1.165, 1.54) is 13.8 Å². The fourth-order valence-corrected chi connectivity index (χ4v) is 2.21. The summed E-state index contributed by atoms with van der Waals surface area (Å²) in [5.74, 6) is -0.228. The first-order chi connectivity index (χ1) is 11.9. The molecule has 1 aliphatic heterocycles. The van der Waals surface area contributed by atoms with Gasteiger partial charge in [-0.15, -0.1) is 0 Å². The number of halogens is 1. The van der Waals surface area contributed by atoms with Gasteiger partial charge in [0.2, 0.25) is 5.95 Å². The van der Waals surface area contributed by atoms with Crippen LogP contribution in [-0.2, 0) is 23.9 Å². The Morgan fingerprint density at radius 1 is 1.28 bits per heavy atom. The molecule has 1 aromatic rings. The molecule has 2 heterocycles. The quantitative estimate of drug-likeness (QED) is 0.356. The minimum atomic E-state index is -0.546. The van der Waals surface area contributed by atoms with Gasteiger partial charge in [0, 0.05) is 32.7 Å². The van der Waals surface area contributed by atoms with Crippen LogP contribution < -0.4 is 4.90 Å². The number of esters is 2.